The lowest BCUT2D eigenvalue weighted by atomic mass is 10.3. The largest absolute Gasteiger partial charge is 0.301 e. The van der Waals surface area contributed by atoms with Crippen LogP contribution in [0.15, 0.2) is 51.5 Å². The van der Waals surface area contributed by atoms with Gasteiger partial charge in [0.25, 0.3) is 5.56 Å². The maximum Gasteiger partial charge on any atom is 0.251 e. The van der Waals surface area contributed by atoms with Crippen molar-refractivity contribution in [3.8, 4) is 5.69 Å². The molecule has 0 saturated heterocycles. The van der Waals surface area contributed by atoms with Crippen LogP contribution >= 0.6 is 23.5 Å². The van der Waals surface area contributed by atoms with Crippen molar-refractivity contribution in [3.05, 3.63) is 58.3 Å². The Morgan fingerprint density at radius 3 is 2.70 bits per heavy atom. The molecule has 0 unspecified atom stereocenters. The molecule has 6 nitrogen and oxygen atoms in total. The standard InChI is InChI=1S/C15H15N5OS2/c1-10-8-13(21)17-14(16-10)23-9-12-18-19-15(22-2)20(12)11-6-4-3-5-7-11/h3-8H,9H2,1-2H3,(H,16,17,21). The lowest BCUT2D eigenvalue weighted by Gasteiger charge is -2.08. The first kappa shape index (κ1) is 15.8. The third-order valence-corrected chi connectivity index (χ3v) is 4.58. The molecule has 0 radical (unpaired) electrons. The van der Waals surface area contributed by atoms with E-state index in [-0.39, 0.29) is 5.56 Å². The van der Waals surface area contributed by atoms with Crippen LogP contribution in [0.2, 0.25) is 0 Å². The molecule has 118 valence electrons. The van der Waals surface area contributed by atoms with Crippen LogP contribution in [-0.4, -0.2) is 31.0 Å². The van der Waals surface area contributed by atoms with E-state index in [0.717, 1.165) is 16.7 Å². The first-order valence-corrected chi connectivity index (χ1v) is 9.13. The lowest BCUT2D eigenvalue weighted by Crippen LogP contribution is -2.08. The molecular weight excluding hydrogens is 330 g/mol. The third kappa shape index (κ3) is 3.65. The minimum absolute atomic E-state index is 0.144. The Labute approximate surface area is 141 Å². The van der Waals surface area contributed by atoms with E-state index in [1.807, 2.05) is 41.2 Å². The van der Waals surface area contributed by atoms with Crippen LogP contribution in [-0.2, 0) is 5.75 Å². The zero-order valence-corrected chi connectivity index (χ0v) is 14.3. The molecule has 0 aliphatic heterocycles. The number of H-pyrrole nitrogens is 1. The molecule has 0 atom stereocenters. The van der Waals surface area contributed by atoms with E-state index in [1.54, 1.807) is 18.7 Å². The number of thioether (sulfide) groups is 2. The maximum absolute atomic E-state index is 11.5. The highest BCUT2D eigenvalue weighted by Gasteiger charge is 2.14. The molecule has 2 heterocycles. The Kier molecular flexibility index (Phi) is 4.82. The van der Waals surface area contributed by atoms with E-state index in [9.17, 15) is 4.79 Å². The number of nitrogens with one attached hydrogen (secondary N) is 1. The summed E-state index contributed by atoms with van der Waals surface area (Å²) in [4.78, 5) is 18.6. The number of nitrogens with zero attached hydrogens (tertiary/aromatic N) is 4. The van der Waals surface area contributed by atoms with E-state index in [1.165, 1.54) is 17.8 Å². The van der Waals surface area contributed by atoms with Gasteiger partial charge >= 0.3 is 0 Å². The van der Waals surface area contributed by atoms with E-state index in [4.69, 9.17) is 0 Å². The lowest BCUT2D eigenvalue weighted by molar-refractivity contribution is 0.863. The van der Waals surface area contributed by atoms with Crippen molar-refractivity contribution in [2.24, 2.45) is 0 Å². The topological polar surface area (TPSA) is 76.5 Å². The number of para-hydroxylation sites is 1. The Balaban J connectivity index is 1.89. The molecule has 0 saturated carbocycles. The summed E-state index contributed by atoms with van der Waals surface area (Å²) in [5.74, 6) is 1.38. The summed E-state index contributed by atoms with van der Waals surface area (Å²) < 4.78 is 2.02. The highest BCUT2D eigenvalue weighted by atomic mass is 32.2. The Morgan fingerprint density at radius 2 is 2.00 bits per heavy atom. The number of aromatic amines is 1. The second-order valence-electron chi connectivity index (χ2n) is 4.75. The van der Waals surface area contributed by atoms with Crippen LogP contribution < -0.4 is 5.56 Å². The molecule has 3 rings (SSSR count). The number of hydrogen-bond donors (Lipinski definition) is 1. The number of benzene rings is 1. The highest BCUT2D eigenvalue weighted by molar-refractivity contribution is 7.98. The maximum atomic E-state index is 11.5. The number of aromatic nitrogens is 5. The zero-order valence-electron chi connectivity index (χ0n) is 12.7. The summed E-state index contributed by atoms with van der Waals surface area (Å²) in [6, 6.07) is 11.4. The van der Waals surface area contributed by atoms with Crippen LogP contribution in [0.3, 0.4) is 0 Å². The Hall–Kier alpha value is -2.06. The van der Waals surface area contributed by atoms with E-state index < -0.39 is 0 Å². The second-order valence-corrected chi connectivity index (χ2v) is 6.49. The molecule has 0 spiro atoms. The van der Waals surface area contributed by atoms with E-state index in [0.29, 0.717) is 16.6 Å². The van der Waals surface area contributed by atoms with E-state index in [2.05, 4.69) is 20.2 Å². The normalized spacial score (nSPS) is 10.9. The van der Waals surface area contributed by atoms with Gasteiger partial charge in [0.15, 0.2) is 10.3 Å². The minimum atomic E-state index is -0.144. The van der Waals surface area contributed by atoms with Crippen molar-refractivity contribution >= 4 is 23.5 Å². The van der Waals surface area contributed by atoms with Crippen molar-refractivity contribution in [1.29, 1.82) is 0 Å². The van der Waals surface area contributed by atoms with E-state index >= 15 is 0 Å². The average molecular weight is 345 g/mol. The number of hydrogen-bond acceptors (Lipinski definition) is 6. The van der Waals surface area contributed by atoms with Crippen LogP contribution in [0, 0.1) is 6.92 Å². The van der Waals surface area contributed by atoms with Gasteiger partial charge in [0.2, 0.25) is 0 Å². The molecule has 0 fully saturated rings. The average Bonchev–Trinajstić information content (AvgIpc) is 2.96. The summed E-state index contributed by atoms with van der Waals surface area (Å²) in [5.41, 5.74) is 1.57. The molecule has 3 aromatic rings. The predicted molar refractivity (Wildman–Crippen MR) is 92.3 cm³/mol. The molecule has 1 aromatic carbocycles. The van der Waals surface area contributed by atoms with Crippen LogP contribution in [0.5, 0.6) is 0 Å². The van der Waals surface area contributed by atoms with Crippen LogP contribution in [0.1, 0.15) is 11.5 Å². The predicted octanol–water partition coefficient (Wildman–Crippen LogP) is 2.67. The first-order chi connectivity index (χ1) is 11.2. The molecule has 1 N–H and O–H groups in total. The summed E-state index contributed by atoms with van der Waals surface area (Å²) in [7, 11) is 0. The Morgan fingerprint density at radius 1 is 1.22 bits per heavy atom. The fraction of sp³-hybridized carbons (Fsp3) is 0.200. The van der Waals surface area contributed by atoms with Gasteiger partial charge < -0.3 is 4.98 Å². The summed E-state index contributed by atoms with van der Waals surface area (Å²) in [6.45, 7) is 1.80. The second kappa shape index (κ2) is 7.01. The molecule has 23 heavy (non-hydrogen) atoms. The van der Waals surface area contributed by atoms with Gasteiger partial charge in [-0.05, 0) is 25.3 Å². The summed E-state index contributed by atoms with van der Waals surface area (Å²) in [5, 5.41) is 9.92. The van der Waals surface area contributed by atoms with Crippen molar-refractivity contribution < 1.29 is 0 Å². The monoisotopic (exact) mass is 345 g/mol. The smallest absolute Gasteiger partial charge is 0.251 e. The van der Waals surface area contributed by atoms with Gasteiger partial charge in [0.05, 0.1) is 5.75 Å². The first-order valence-electron chi connectivity index (χ1n) is 6.92. The SMILES string of the molecule is CSc1nnc(CSc2nc(C)cc(=O)[nH]2)n1-c1ccccc1. The van der Waals surface area contributed by atoms with Crippen molar-refractivity contribution in [2.45, 2.75) is 23.0 Å². The fourth-order valence-corrected chi connectivity index (χ4v) is 3.47. The van der Waals surface area contributed by atoms with Gasteiger partial charge in [-0.3, -0.25) is 9.36 Å². The quantitative estimate of drug-likeness (QED) is 0.566. The van der Waals surface area contributed by atoms with Crippen molar-refractivity contribution in [1.82, 2.24) is 24.7 Å². The highest BCUT2D eigenvalue weighted by Crippen LogP contribution is 2.24. The zero-order chi connectivity index (χ0) is 16.2. The van der Waals surface area contributed by atoms with Crippen molar-refractivity contribution in [2.75, 3.05) is 6.26 Å². The van der Waals surface area contributed by atoms with Gasteiger partial charge in [-0.2, -0.15) is 0 Å². The molecule has 2 aromatic heterocycles. The van der Waals surface area contributed by atoms with Gasteiger partial charge in [-0.1, -0.05) is 41.7 Å². The summed E-state index contributed by atoms with van der Waals surface area (Å²) >= 11 is 2.98. The number of rotatable bonds is 5. The Bertz CT molecular complexity index is 860. The van der Waals surface area contributed by atoms with Crippen LogP contribution in [0.25, 0.3) is 5.69 Å². The molecular formula is C15H15N5OS2. The third-order valence-electron chi connectivity index (χ3n) is 3.08. The van der Waals surface area contributed by atoms with Gasteiger partial charge in [0, 0.05) is 17.4 Å². The van der Waals surface area contributed by atoms with Crippen LogP contribution in [0.4, 0.5) is 0 Å². The molecule has 8 heteroatoms. The molecule has 0 aliphatic carbocycles. The van der Waals surface area contributed by atoms with Crippen molar-refractivity contribution in [3.63, 3.8) is 0 Å². The van der Waals surface area contributed by atoms with Gasteiger partial charge in [-0.15, -0.1) is 10.2 Å². The van der Waals surface area contributed by atoms with Gasteiger partial charge in [-0.25, -0.2) is 4.98 Å². The summed E-state index contributed by atoms with van der Waals surface area (Å²) in [6.07, 6.45) is 1.97. The van der Waals surface area contributed by atoms with Gasteiger partial charge in [0.1, 0.15) is 5.82 Å². The fourth-order valence-electron chi connectivity index (χ4n) is 2.12. The number of aryl methyl sites for hydroxylation is 1. The molecule has 0 amide bonds. The molecule has 0 aliphatic rings. The molecule has 0 bridgehead atoms. The minimum Gasteiger partial charge on any atom is -0.301 e.